The Morgan fingerprint density at radius 2 is 1.88 bits per heavy atom. The molecule has 2 aromatic rings. The lowest BCUT2D eigenvalue weighted by Crippen LogP contribution is -2.43. The molecule has 0 radical (unpaired) electrons. The summed E-state index contributed by atoms with van der Waals surface area (Å²) in [7, 11) is -3.67. The highest BCUT2D eigenvalue weighted by Crippen LogP contribution is 2.32. The van der Waals surface area contributed by atoms with Crippen LogP contribution in [0.3, 0.4) is 0 Å². The standard InChI is InChI=1S/C21H23F2N3O5S/c1-32(28,29)30-13-16-12-26(21(27)31-16)15-3-4-17(18(22)11-15)14-2-5-20(19(23)10-14)25-8-6-24-7-9-25/h2-5,10-11,16,24H,6-9,12-13H2,1H3/t16-/m1/s1. The number of cyclic esters (lactones) is 1. The van der Waals surface area contributed by atoms with Crippen LogP contribution in [0.5, 0.6) is 0 Å². The second kappa shape index (κ2) is 9.00. The molecule has 0 aromatic heterocycles. The molecule has 2 heterocycles. The van der Waals surface area contributed by atoms with Crippen LogP contribution in [0.2, 0.25) is 0 Å². The van der Waals surface area contributed by atoms with Gasteiger partial charge in [0.05, 0.1) is 24.2 Å². The van der Waals surface area contributed by atoms with Gasteiger partial charge in [-0.05, 0) is 35.9 Å². The summed E-state index contributed by atoms with van der Waals surface area (Å²) in [6.45, 7) is 2.64. The summed E-state index contributed by atoms with van der Waals surface area (Å²) in [5.74, 6) is -1.05. The molecule has 172 valence electrons. The number of halogens is 2. The Morgan fingerprint density at radius 3 is 2.53 bits per heavy atom. The molecule has 32 heavy (non-hydrogen) atoms. The first-order valence-corrected chi connectivity index (χ1v) is 11.9. The lowest BCUT2D eigenvalue weighted by Gasteiger charge is -2.29. The van der Waals surface area contributed by atoms with E-state index >= 15 is 0 Å². The number of benzene rings is 2. The van der Waals surface area contributed by atoms with Gasteiger partial charge in [0.15, 0.2) is 0 Å². The lowest BCUT2D eigenvalue weighted by molar-refractivity contribution is 0.107. The molecule has 11 heteroatoms. The Bertz CT molecular complexity index is 1120. The van der Waals surface area contributed by atoms with E-state index in [1.54, 1.807) is 12.1 Å². The van der Waals surface area contributed by atoms with Crippen molar-refractivity contribution in [3.05, 3.63) is 48.0 Å². The minimum Gasteiger partial charge on any atom is -0.441 e. The number of nitrogens with zero attached hydrogens (tertiary/aromatic N) is 2. The van der Waals surface area contributed by atoms with Gasteiger partial charge in [-0.25, -0.2) is 13.6 Å². The molecule has 2 fully saturated rings. The van der Waals surface area contributed by atoms with Crippen molar-refractivity contribution in [3.63, 3.8) is 0 Å². The van der Waals surface area contributed by atoms with Crippen LogP contribution in [-0.2, 0) is 19.0 Å². The van der Waals surface area contributed by atoms with E-state index in [4.69, 9.17) is 4.74 Å². The number of ether oxygens (including phenoxy) is 1. The first kappa shape index (κ1) is 22.4. The highest BCUT2D eigenvalue weighted by molar-refractivity contribution is 7.85. The molecule has 1 amide bonds. The smallest absolute Gasteiger partial charge is 0.414 e. The van der Waals surface area contributed by atoms with E-state index in [0.717, 1.165) is 19.3 Å². The van der Waals surface area contributed by atoms with Gasteiger partial charge in [0.2, 0.25) is 0 Å². The molecule has 1 atom stereocenters. The average Bonchev–Trinajstić information content (AvgIpc) is 3.13. The fourth-order valence-corrected chi connectivity index (χ4v) is 4.16. The quantitative estimate of drug-likeness (QED) is 0.653. The van der Waals surface area contributed by atoms with Gasteiger partial charge >= 0.3 is 6.09 Å². The van der Waals surface area contributed by atoms with Gasteiger partial charge in [-0.1, -0.05) is 6.07 Å². The van der Waals surface area contributed by atoms with Crippen LogP contribution in [0.15, 0.2) is 36.4 Å². The van der Waals surface area contributed by atoms with Gasteiger partial charge in [0.1, 0.15) is 24.3 Å². The Labute approximate surface area is 184 Å². The second-order valence-corrected chi connectivity index (χ2v) is 9.32. The molecule has 2 aliphatic heterocycles. The summed E-state index contributed by atoms with van der Waals surface area (Å²) < 4.78 is 61.6. The molecular formula is C21H23F2N3O5S. The first-order valence-electron chi connectivity index (χ1n) is 10.1. The van der Waals surface area contributed by atoms with Gasteiger partial charge in [0, 0.05) is 31.7 Å². The zero-order valence-corrected chi connectivity index (χ0v) is 18.2. The van der Waals surface area contributed by atoms with Crippen LogP contribution < -0.4 is 15.1 Å². The van der Waals surface area contributed by atoms with Gasteiger partial charge in [0.25, 0.3) is 10.1 Å². The zero-order valence-electron chi connectivity index (χ0n) is 17.4. The van der Waals surface area contributed by atoms with Crippen molar-refractivity contribution in [3.8, 4) is 11.1 Å². The van der Waals surface area contributed by atoms with Crippen LogP contribution in [0.4, 0.5) is 25.0 Å². The third-order valence-corrected chi connectivity index (χ3v) is 5.89. The van der Waals surface area contributed by atoms with Crippen LogP contribution in [-0.4, -0.2) is 66.2 Å². The number of nitrogens with one attached hydrogen (secondary N) is 1. The number of amides is 1. The summed E-state index contributed by atoms with van der Waals surface area (Å²) >= 11 is 0. The number of hydrogen-bond donors (Lipinski definition) is 1. The van der Waals surface area contributed by atoms with E-state index in [9.17, 15) is 22.0 Å². The van der Waals surface area contributed by atoms with Crippen molar-refractivity contribution < 1.29 is 30.9 Å². The van der Waals surface area contributed by atoms with Crippen LogP contribution in [0.1, 0.15) is 0 Å². The molecule has 8 nitrogen and oxygen atoms in total. The molecule has 0 spiro atoms. The zero-order chi connectivity index (χ0) is 22.9. The maximum absolute atomic E-state index is 14.9. The molecule has 0 bridgehead atoms. The Morgan fingerprint density at radius 1 is 1.12 bits per heavy atom. The minimum atomic E-state index is -3.67. The Kier molecular flexibility index (Phi) is 6.31. The number of piperazine rings is 1. The maximum atomic E-state index is 14.9. The van der Waals surface area contributed by atoms with E-state index < -0.39 is 33.9 Å². The summed E-state index contributed by atoms with van der Waals surface area (Å²) in [6.07, 6.45) is -0.633. The normalized spacial score (nSPS) is 19.3. The molecule has 0 aliphatic carbocycles. The average molecular weight is 467 g/mol. The number of anilines is 2. The topological polar surface area (TPSA) is 88.2 Å². The van der Waals surface area contributed by atoms with Gasteiger partial charge in [-0.2, -0.15) is 8.42 Å². The predicted octanol–water partition coefficient (Wildman–Crippen LogP) is 2.34. The molecule has 2 aliphatic rings. The van der Waals surface area contributed by atoms with Gasteiger partial charge in [-0.3, -0.25) is 9.08 Å². The monoisotopic (exact) mass is 467 g/mol. The molecule has 4 rings (SSSR count). The fraction of sp³-hybridized carbons (Fsp3) is 0.381. The number of carbonyl (C=O) groups excluding carboxylic acids is 1. The van der Waals surface area contributed by atoms with E-state index in [-0.39, 0.29) is 24.4 Å². The summed E-state index contributed by atoms with van der Waals surface area (Å²) in [5.41, 5.74) is 1.31. The van der Waals surface area contributed by atoms with Crippen molar-refractivity contribution in [1.29, 1.82) is 0 Å². The number of rotatable bonds is 6. The fourth-order valence-electron chi connectivity index (χ4n) is 3.76. The van der Waals surface area contributed by atoms with Crippen molar-refractivity contribution in [2.24, 2.45) is 0 Å². The van der Waals surface area contributed by atoms with E-state index in [2.05, 4.69) is 9.50 Å². The molecule has 0 unspecified atom stereocenters. The van der Waals surface area contributed by atoms with Crippen LogP contribution in [0, 0.1) is 11.6 Å². The minimum absolute atomic E-state index is 0.0150. The highest BCUT2D eigenvalue weighted by atomic mass is 32.2. The second-order valence-electron chi connectivity index (χ2n) is 7.67. The largest absolute Gasteiger partial charge is 0.441 e. The van der Waals surface area contributed by atoms with E-state index in [1.807, 2.05) is 4.90 Å². The van der Waals surface area contributed by atoms with Crippen LogP contribution in [0.25, 0.3) is 11.1 Å². The maximum Gasteiger partial charge on any atom is 0.414 e. The van der Waals surface area contributed by atoms with Crippen molar-refractivity contribution in [2.75, 3.05) is 55.4 Å². The molecule has 2 aromatic carbocycles. The Hall–Kier alpha value is -2.76. The Balaban J connectivity index is 1.50. The number of carbonyl (C=O) groups is 1. The molecule has 1 N–H and O–H groups in total. The molecule has 2 saturated heterocycles. The van der Waals surface area contributed by atoms with Gasteiger partial charge in [-0.15, -0.1) is 0 Å². The van der Waals surface area contributed by atoms with E-state index in [1.165, 1.54) is 29.2 Å². The summed E-state index contributed by atoms with van der Waals surface area (Å²) in [4.78, 5) is 15.3. The summed E-state index contributed by atoms with van der Waals surface area (Å²) in [6, 6.07) is 8.78. The molecule has 0 saturated carbocycles. The van der Waals surface area contributed by atoms with Crippen molar-refractivity contribution in [2.45, 2.75) is 6.10 Å². The third-order valence-electron chi connectivity index (χ3n) is 5.32. The van der Waals surface area contributed by atoms with Crippen LogP contribution >= 0.6 is 0 Å². The third kappa shape index (κ3) is 5.00. The van der Waals surface area contributed by atoms with Crippen molar-refractivity contribution in [1.82, 2.24) is 5.32 Å². The van der Waals surface area contributed by atoms with Crippen molar-refractivity contribution >= 4 is 27.6 Å². The lowest BCUT2D eigenvalue weighted by atomic mass is 10.0. The SMILES string of the molecule is CS(=O)(=O)OC[C@H]1CN(c2ccc(-c3ccc(N4CCNCC4)c(F)c3)c(F)c2)C(=O)O1. The van der Waals surface area contributed by atoms with Gasteiger partial charge < -0.3 is 15.0 Å². The first-order chi connectivity index (χ1) is 15.2. The predicted molar refractivity (Wildman–Crippen MR) is 115 cm³/mol. The van der Waals surface area contributed by atoms with E-state index in [0.29, 0.717) is 24.3 Å². The summed E-state index contributed by atoms with van der Waals surface area (Å²) in [5, 5.41) is 3.21. The highest BCUT2D eigenvalue weighted by Gasteiger charge is 2.33. The number of hydrogen-bond acceptors (Lipinski definition) is 7. The molecular weight excluding hydrogens is 444 g/mol.